The zero-order chi connectivity index (χ0) is 21.5. The van der Waals surface area contributed by atoms with E-state index in [0.29, 0.717) is 35.8 Å². The predicted octanol–water partition coefficient (Wildman–Crippen LogP) is 4.10. The number of aromatic nitrogens is 1. The molecule has 160 valence electrons. The minimum absolute atomic E-state index is 0.147. The van der Waals surface area contributed by atoms with Crippen LogP contribution in [0.5, 0.6) is 5.75 Å². The van der Waals surface area contributed by atoms with Crippen molar-refractivity contribution >= 4 is 34.3 Å². The van der Waals surface area contributed by atoms with Crippen LogP contribution in [0, 0.1) is 5.82 Å². The summed E-state index contributed by atoms with van der Waals surface area (Å²) in [5.74, 6) is 0.144. The van der Waals surface area contributed by atoms with Gasteiger partial charge < -0.3 is 24.8 Å². The molecular weight excluding hydrogens is 403 g/mol. The Labute approximate surface area is 177 Å². The molecule has 0 spiro atoms. The molecule has 1 aromatic heterocycles. The third-order valence-electron chi connectivity index (χ3n) is 5.79. The van der Waals surface area contributed by atoms with Crippen LogP contribution in [0.1, 0.15) is 31.4 Å². The number of ether oxygens (including phenoxy) is 1. The lowest BCUT2D eigenvalue weighted by atomic mass is 9.92. The van der Waals surface area contributed by atoms with E-state index < -0.39 is 6.10 Å². The lowest BCUT2D eigenvalue weighted by molar-refractivity contribution is -0.122. The Morgan fingerprint density at radius 3 is 2.84 bits per heavy atom. The van der Waals surface area contributed by atoms with Gasteiger partial charge in [-0.15, -0.1) is 0 Å². The maximum absolute atomic E-state index is 13.4. The molecule has 1 saturated heterocycles. The van der Waals surface area contributed by atoms with Gasteiger partial charge in [0.05, 0.1) is 11.4 Å². The zero-order valence-corrected chi connectivity index (χ0v) is 16.9. The van der Waals surface area contributed by atoms with Crippen molar-refractivity contribution < 1.29 is 23.2 Å². The van der Waals surface area contributed by atoms with Crippen LogP contribution in [-0.2, 0) is 4.79 Å². The molecule has 3 heterocycles. The first kappa shape index (κ1) is 19.3. The van der Waals surface area contributed by atoms with Crippen molar-refractivity contribution in [3.63, 3.8) is 0 Å². The molecule has 5 rings (SSSR count). The summed E-state index contributed by atoms with van der Waals surface area (Å²) in [6.45, 7) is 2.81. The van der Waals surface area contributed by atoms with Crippen LogP contribution >= 0.6 is 0 Å². The number of hydrogen-bond donors (Lipinski definition) is 2. The van der Waals surface area contributed by atoms with E-state index in [9.17, 15) is 14.0 Å². The Hall–Kier alpha value is -3.62. The second-order valence-electron chi connectivity index (χ2n) is 7.86. The van der Waals surface area contributed by atoms with Gasteiger partial charge in [-0.25, -0.2) is 9.18 Å². The minimum atomic E-state index is -0.546. The van der Waals surface area contributed by atoms with Gasteiger partial charge in [0.1, 0.15) is 11.6 Å². The van der Waals surface area contributed by atoms with E-state index in [1.807, 2.05) is 0 Å². The fourth-order valence-electron chi connectivity index (χ4n) is 4.07. The lowest BCUT2D eigenvalue weighted by Gasteiger charge is -2.31. The first-order valence-electron chi connectivity index (χ1n) is 10.2. The van der Waals surface area contributed by atoms with Crippen molar-refractivity contribution in [2.24, 2.45) is 0 Å². The van der Waals surface area contributed by atoms with Crippen molar-refractivity contribution in [1.29, 1.82) is 0 Å². The number of rotatable bonds is 2. The van der Waals surface area contributed by atoms with Gasteiger partial charge in [-0.2, -0.15) is 0 Å². The maximum atomic E-state index is 13.4. The second kappa shape index (κ2) is 7.57. The highest BCUT2D eigenvalue weighted by Gasteiger charge is 2.28. The molecule has 2 aliphatic heterocycles. The van der Waals surface area contributed by atoms with E-state index in [2.05, 4.69) is 15.8 Å². The number of hydrogen-bond acceptors (Lipinski definition) is 5. The number of nitrogens with one attached hydrogen (secondary N) is 2. The van der Waals surface area contributed by atoms with Gasteiger partial charge in [0, 0.05) is 36.1 Å². The molecule has 1 atom stereocenters. The largest absolute Gasteiger partial charge is 0.479 e. The van der Waals surface area contributed by atoms with E-state index in [1.54, 1.807) is 36.1 Å². The van der Waals surface area contributed by atoms with Gasteiger partial charge in [-0.05, 0) is 50.1 Å². The first-order valence-corrected chi connectivity index (χ1v) is 10.2. The normalized spacial score (nSPS) is 19.0. The molecule has 31 heavy (non-hydrogen) atoms. The molecule has 0 radical (unpaired) electrons. The van der Waals surface area contributed by atoms with Gasteiger partial charge in [0.25, 0.3) is 5.91 Å². The Morgan fingerprint density at radius 2 is 2.03 bits per heavy atom. The Bertz CT molecular complexity index is 1170. The average molecular weight is 424 g/mol. The standard InChI is InChI=1S/C22H21FN4O4/c1-12-21(28)25-17-11-15(3-5-18(17)30-12)24-22(29)27-8-6-13(7-9-27)20-16-4-2-14(23)10-19(16)31-26-20/h2-5,10-13H,6-9H2,1H3,(H,24,29)(H,25,28). The summed E-state index contributed by atoms with van der Waals surface area (Å²) in [5, 5.41) is 10.6. The number of carbonyl (C=O) groups is 2. The van der Waals surface area contributed by atoms with Crippen LogP contribution in [0.3, 0.4) is 0 Å². The molecule has 2 N–H and O–H groups in total. The molecule has 2 aromatic carbocycles. The van der Waals surface area contributed by atoms with Gasteiger partial charge in [-0.1, -0.05) is 5.16 Å². The van der Waals surface area contributed by atoms with Crippen molar-refractivity contribution in [2.75, 3.05) is 23.7 Å². The lowest BCUT2D eigenvalue weighted by Crippen LogP contribution is -2.40. The molecule has 2 aliphatic rings. The van der Waals surface area contributed by atoms with Crippen LogP contribution in [0.25, 0.3) is 11.0 Å². The second-order valence-corrected chi connectivity index (χ2v) is 7.86. The number of amides is 3. The van der Waals surface area contributed by atoms with Crippen LogP contribution in [0.2, 0.25) is 0 Å². The number of likely N-dealkylation sites (tertiary alicyclic amines) is 1. The molecule has 1 unspecified atom stereocenters. The SMILES string of the molecule is CC1Oc2ccc(NC(=O)N3CCC(c4noc5cc(F)ccc45)CC3)cc2NC1=O. The number of anilines is 2. The molecule has 3 aromatic rings. The summed E-state index contributed by atoms with van der Waals surface area (Å²) in [6.07, 6.45) is 0.923. The Balaban J connectivity index is 1.22. The highest BCUT2D eigenvalue weighted by atomic mass is 19.1. The summed E-state index contributed by atoms with van der Waals surface area (Å²) >= 11 is 0. The predicted molar refractivity (Wildman–Crippen MR) is 112 cm³/mol. The topological polar surface area (TPSA) is 96.7 Å². The third kappa shape index (κ3) is 3.67. The number of urea groups is 1. The van der Waals surface area contributed by atoms with Crippen LogP contribution in [0.4, 0.5) is 20.6 Å². The zero-order valence-electron chi connectivity index (χ0n) is 16.9. The van der Waals surface area contributed by atoms with E-state index >= 15 is 0 Å². The number of benzene rings is 2. The van der Waals surface area contributed by atoms with Crippen LogP contribution in [-0.4, -0.2) is 41.2 Å². The van der Waals surface area contributed by atoms with E-state index in [0.717, 1.165) is 23.9 Å². The fraction of sp³-hybridized carbons (Fsp3) is 0.318. The summed E-state index contributed by atoms with van der Waals surface area (Å²) in [5.41, 5.74) is 2.37. The Kier molecular flexibility index (Phi) is 4.72. The number of nitrogens with zero attached hydrogens (tertiary/aromatic N) is 2. The first-order chi connectivity index (χ1) is 15.0. The molecule has 1 fully saturated rings. The van der Waals surface area contributed by atoms with Crippen LogP contribution in [0.15, 0.2) is 40.9 Å². The van der Waals surface area contributed by atoms with E-state index in [-0.39, 0.29) is 23.7 Å². The summed E-state index contributed by atoms with van der Waals surface area (Å²) in [6, 6.07) is 9.38. The summed E-state index contributed by atoms with van der Waals surface area (Å²) in [7, 11) is 0. The van der Waals surface area contributed by atoms with Crippen molar-refractivity contribution in [3.8, 4) is 5.75 Å². The highest BCUT2D eigenvalue weighted by Crippen LogP contribution is 2.34. The molecule has 0 aliphatic carbocycles. The number of halogens is 1. The van der Waals surface area contributed by atoms with E-state index in [4.69, 9.17) is 9.26 Å². The molecule has 0 saturated carbocycles. The minimum Gasteiger partial charge on any atom is -0.479 e. The quantitative estimate of drug-likeness (QED) is 0.646. The monoisotopic (exact) mass is 424 g/mol. The molecule has 9 heteroatoms. The average Bonchev–Trinajstić information content (AvgIpc) is 3.18. The maximum Gasteiger partial charge on any atom is 0.321 e. The highest BCUT2D eigenvalue weighted by molar-refractivity contribution is 5.99. The summed E-state index contributed by atoms with van der Waals surface area (Å²) < 4.78 is 24.2. The molecular formula is C22H21FN4O4. The number of piperidine rings is 1. The van der Waals surface area contributed by atoms with Gasteiger partial charge in [0.2, 0.25) is 0 Å². The Morgan fingerprint density at radius 1 is 1.23 bits per heavy atom. The van der Waals surface area contributed by atoms with Crippen molar-refractivity contribution in [1.82, 2.24) is 10.1 Å². The van der Waals surface area contributed by atoms with Crippen LogP contribution < -0.4 is 15.4 Å². The molecule has 8 nitrogen and oxygen atoms in total. The fourth-order valence-corrected chi connectivity index (χ4v) is 4.07. The van der Waals surface area contributed by atoms with Gasteiger partial charge in [-0.3, -0.25) is 4.79 Å². The summed E-state index contributed by atoms with van der Waals surface area (Å²) in [4.78, 5) is 26.3. The van der Waals surface area contributed by atoms with Crippen molar-refractivity contribution in [3.05, 3.63) is 47.9 Å². The smallest absolute Gasteiger partial charge is 0.321 e. The molecule has 0 bridgehead atoms. The van der Waals surface area contributed by atoms with Gasteiger partial charge in [0.15, 0.2) is 11.7 Å². The third-order valence-corrected chi connectivity index (χ3v) is 5.79. The van der Waals surface area contributed by atoms with E-state index in [1.165, 1.54) is 12.1 Å². The van der Waals surface area contributed by atoms with Crippen molar-refractivity contribution in [2.45, 2.75) is 31.8 Å². The number of fused-ring (bicyclic) bond motifs is 2. The number of carbonyl (C=O) groups excluding carboxylic acids is 2. The molecule has 3 amide bonds. The van der Waals surface area contributed by atoms with Gasteiger partial charge >= 0.3 is 6.03 Å².